The number of allylic oxidation sites excluding steroid dienone is 2. The maximum atomic E-state index is 14.3. The summed E-state index contributed by atoms with van der Waals surface area (Å²) in [5, 5.41) is 11.2. The van der Waals surface area contributed by atoms with Gasteiger partial charge in [-0.2, -0.15) is 0 Å². The zero-order valence-corrected chi connectivity index (χ0v) is 22.3. The highest BCUT2D eigenvalue weighted by atomic mass is 16.5. The first-order chi connectivity index (χ1) is 18.7. The van der Waals surface area contributed by atoms with E-state index in [-0.39, 0.29) is 35.3 Å². The number of carbonyl (C=O) groups is 4. The van der Waals surface area contributed by atoms with Gasteiger partial charge in [0.25, 0.3) is 0 Å². The SMILES string of the molecule is CCCN1C(=O)[C@H]2[C@H](CC=C3[C@H]2C[C@H]2C(=O)N(c4ccccc4)C(=O)[C@@]2(C)[C@H]3c2ccc(OC)cc2O)C1=O. The van der Waals surface area contributed by atoms with Crippen LogP contribution in [0.4, 0.5) is 5.69 Å². The second kappa shape index (κ2) is 9.07. The molecular weight excluding hydrogens is 496 g/mol. The van der Waals surface area contributed by atoms with Crippen LogP contribution in [0.25, 0.3) is 0 Å². The summed E-state index contributed by atoms with van der Waals surface area (Å²) in [6, 6.07) is 13.8. The number of phenolic OH excluding ortho intramolecular Hbond substituents is 1. The second-order valence-corrected chi connectivity index (χ2v) is 11.2. The minimum atomic E-state index is -1.19. The predicted molar refractivity (Wildman–Crippen MR) is 143 cm³/mol. The monoisotopic (exact) mass is 528 g/mol. The molecule has 0 aromatic heterocycles. The molecule has 2 heterocycles. The Balaban J connectivity index is 1.53. The van der Waals surface area contributed by atoms with Gasteiger partial charge in [0.15, 0.2) is 0 Å². The highest BCUT2D eigenvalue weighted by Gasteiger charge is 2.67. The Morgan fingerprint density at radius 3 is 2.41 bits per heavy atom. The summed E-state index contributed by atoms with van der Waals surface area (Å²) in [6.07, 6.45) is 3.35. The molecule has 0 radical (unpaired) electrons. The lowest BCUT2D eigenvalue weighted by Crippen LogP contribution is -2.48. The number of amides is 4. The predicted octanol–water partition coefficient (Wildman–Crippen LogP) is 4.04. The summed E-state index contributed by atoms with van der Waals surface area (Å²) in [7, 11) is 1.51. The van der Waals surface area contributed by atoms with Gasteiger partial charge in [0, 0.05) is 24.1 Å². The van der Waals surface area contributed by atoms with Crippen molar-refractivity contribution in [3.05, 3.63) is 65.7 Å². The van der Waals surface area contributed by atoms with Crippen molar-refractivity contribution >= 4 is 29.3 Å². The van der Waals surface area contributed by atoms with E-state index in [9.17, 15) is 24.3 Å². The van der Waals surface area contributed by atoms with Gasteiger partial charge in [0.1, 0.15) is 11.5 Å². The van der Waals surface area contributed by atoms with E-state index >= 15 is 0 Å². The Kier molecular flexibility index (Phi) is 5.90. The van der Waals surface area contributed by atoms with Crippen LogP contribution in [0.15, 0.2) is 60.2 Å². The number of likely N-dealkylation sites (tertiary alicyclic amines) is 1. The lowest BCUT2D eigenvalue weighted by Gasteiger charge is -2.49. The maximum Gasteiger partial charge on any atom is 0.241 e. The third-order valence-electron chi connectivity index (χ3n) is 9.38. The van der Waals surface area contributed by atoms with E-state index in [0.29, 0.717) is 42.8 Å². The summed E-state index contributed by atoms with van der Waals surface area (Å²) in [6.45, 7) is 4.11. The van der Waals surface area contributed by atoms with Crippen LogP contribution >= 0.6 is 0 Å². The van der Waals surface area contributed by atoms with Crippen molar-refractivity contribution in [1.82, 2.24) is 4.90 Å². The van der Waals surface area contributed by atoms with Crippen LogP contribution in [-0.4, -0.2) is 47.3 Å². The van der Waals surface area contributed by atoms with Crippen LogP contribution < -0.4 is 9.64 Å². The molecule has 4 amide bonds. The molecule has 0 unspecified atom stereocenters. The van der Waals surface area contributed by atoms with Crippen molar-refractivity contribution in [3.63, 3.8) is 0 Å². The number of fused-ring (bicyclic) bond motifs is 4. The number of phenols is 1. The molecule has 8 heteroatoms. The van der Waals surface area contributed by atoms with Crippen LogP contribution in [-0.2, 0) is 19.2 Å². The Hall–Kier alpha value is -3.94. The zero-order valence-electron chi connectivity index (χ0n) is 22.3. The molecule has 2 aliphatic heterocycles. The van der Waals surface area contributed by atoms with Crippen LogP contribution in [0.2, 0.25) is 0 Å². The molecule has 2 aromatic carbocycles. The first kappa shape index (κ1) is 25.3. The minimum absolute atomic E-state index is 0.0390. The van der Waals surface area contributed by atoms with E-state index in [1.807, 2.05) is 26.0 Å². The fourth-order valence-electron chi connectivity index (χ4n) is 7.59. The van der Waals surface area contributed by atoms with Crippen LogP contribution in [0.1, 0.15) is 44.6 Å². The van der Waals surface area contributed by atoms with E-state index in [0.717, 1.165) is 5.57 Å². The third kappa shape index (κ3) is 3.43. The summed E-state index contributed by atoms with van der Waals surface area (Å²) < 4.78 is 5.29. The Bertz CT molecular complexity index is 1420. The Morgan fingerprint density at radius 2 is 1.74 bits per heavy atom. The quantitative estimate of drug-likeness (QED) is 0.464. The summed E-state index contributed by atoms with van der Waals surface area (Å²) in [4.78, 5) is 57.8. The lowest BCUT2D eigenvalue weighted by atomic mass is 9.51. The maximum absolute atomic E-state index is 14.3. The topological polar surface area (TPSA) is 104 Å². The molecule has 39 heavy (non-hydrogen) atoms. The standard InChI is InChI=1S/C31H32N2O6/c1-4-14-32-27(35)21-13-12-19-22(25(21)29(32)37)16-23-28(36)33(17-8-6-5-7-9-17)30(38)31(23,2)26(19)20-11-10-18(39-3)15-24(20)34/h5-12,15,21-23,25-26,34H,4,13-14,16H2,1-3H3/t21-,22+,23-,25-,26+,31+/m0/s1. The highest BCUT2D eigenvalue weighted by molar-refractivity contribution is 6.24. The summed E-state index contributed by atoms with van der Waals surface area (Å²) >= 11 is 0. The van der Waals surface area contributed by atoms with Crippen molar-refractivity contribution in [1.29, 1.82) is 0 Å². The van der Waals surface area contributed by atoms with Crippen molar-refractivity contribution in [2.75, 3.05) is 18.6 Å². The number of benzene rings is 2. The average Bonchev–Trinajstić information content (AvgIpc) is 3.29. The van der Waals surface area contributed by atoms with Crippen LogP contribution in [0, 0.1) is 29.1 Å². The number of carbonyl (C=O) groups excluding carboxylic acids is 4. The third-order valence-corrected chi connectivity index (χ3v) is 9.38. The molecule has 202 valence electrons. The molecule has 0 bridgehead atoms. The van der Waals surface area contributed by atoms with Gasteiger partial charge in [-0.05, 0) is 50.3 Å². The average molecular weight is 529 g/mol. The summed E-state index contributed by atoms with van der Waals surface area (Å²) in [5.74, 6) is -3.37. The Labute approximate surface area is 227 Å². The molecule has 6 atom stereocenters. The molecule has 0 spiro atoms. The van der Waals surface area contributed by atoms with E-state index in [1.165, 1.54) is 23.0 Å². The fraction of sp³-hybridized carbons (Fsp3) is 0.419. The van der Waals surface area contributed by atoms with E-state index in [1.54, 1.807) is 36.4 Å². The van der Waals surface area contributed by atoms with E-state index in [2.05, 4.69) is 0 Å². The number of imide groups is 2. The Morgan fingerprint density at radius 1 is 1.00 bits per heavy atom. The first-order valence-electron chi connectivity index (χ1n) is 13.6. The molecular formula is C31H32N2O6. The minimum Gasteiger partial charge on any atom is -0.508 e. The molecule has 2 aromatic rings. The number of anilines is 1. The van der Waals surface area contributed by atoms with Crippen LogP contribution in [0.5, 0.6) is 11.5 Å². The largest absolute Gasteiger partial charge is 0.508 e. The number of methoxy groups -OCH3 is 1. The number of nitrogens with zero attached hydrogens (tertiary/aromatic N) is 2. The van der Waals surface area contributed by atoms with Crippen molar-refractivity contribution in [3.8, 4) is 11.5 Å². The number of rotatable bonds is 5. The van der Waals surface area contributed by atoms with Crippen molar-refractivity contribution in [2.45, 2.75) is 39.0 Å². The molecule has 3 fully saturated rings. The number of aromatic hydroxyl groups is 1. The second-order valence-electron chi connectivity index (χ2n) is 11.2. The molecule has 2 saturated heterocycles. The molecule has 1 saturated carbocycles. The van der Waals surface area contributed by atoms with Crippen LogP contribution in [0.3, 0.4) is 0 Å². The molecule has 4 aliphatic rings. The van der Waals surface area contributed by atoms with Gasteiger partial charge in [0.2, 0.25) is 23.6 Å². The lowest BCUT2D eigenvalue weighted by molar-refractivity contribution is -0.140. The van der Waals surface area contributed by atoms with E-state index in [4.69, 9.17) is 4.74 Å². The van der Waals surface area contributed by atoms with Gasteiger partial charge in [-0.25, -0.2) is 4.90 Å². The van der Waals surface area contributed by atoms with Gasteiger partial charge < -0.3 is 9.84 Å². The van der Waals surface area contributed by atoms with Crippen molar-refractivity contribution < 1.29 is 29.0 Å². The number of ether oxygens (including phenoxy) is 1. The number of hydrogen-bond donors (Lipinski definition) is 1. The molecule has 8 nitrogen and oxygen atoms in total. The number of para-hydroxylation sites is 1. The zero-order chi connectivity index (χ0) is 27.6. The normalized spacial score (nSPS) is 31.7. The van der Waals surface area contributed by atoms with Gasteiger partial charge in [0.05, 0.1) is 36.0 Å². The van der Waals surface area contributed by atoms with E-state index < -0.39 is 29.1 Å². The van der Waals surface area contributed by atoms with Gasteiger partial charge in [-0.3, -0.25) is 24.1 Å². The molecule has 1 N–H and O–H groups in total. The smallest absolute Gasteiger partial charge is 0.241 e. The van der Waals surface area contributed by atoms with Gasteiger partial charge >= 0.3 is 0 Å². The molecule has 2 aliphatic carbocycles. The van der Waals surface area contributed by atoms with Gasteiger partial charge in [-0.1, -0.05) is 42.8 Å². The highest BCUT2D eigenvalue weighted by Crippen LogP contribution is 2.64. The van der Waals surface area contributed by atoms with Crippen molar-refractivity contribution in [2.24, 2.45) is 29.1 Å². The molecule has 6 rings (SSSR count). The first-order valence-corrected chi connectivity index (χ1v) is 13.6. The van der Waals surface area contributed by atoms with Gasteiger partial charge in [-0.15, -0.1) is 0 Å². The number of hydrogen-bond acceptors (Lipinski definition) is 6. The summed E-state index contributed by atoms with van der Waals surface area (Å²) in [5.41, 5.74) is 0.669. The fourth-order valence-corrected chi connectivity index (χ4v) is 7.59.